The van der Waals surface area contributed by atoms with Crippen molar-refractivity contribution in [2.24, 2.45) is 5.92 Å². The Kier molecular flexibility index (Phi) is 4.37. The second-order valence-electron chi connectivity index (χ2n) is 4.61. The first-order chi connectivity index (χ1) is 7.91. The standard InChI is InChI=1S/C13H19NO3/c1-9(2)6-7-14(3)13(17)10-4-5-11(15)12(16)8-10/h4-5,8-9,15-16H,6-7H2,1-3H3. The first kappa shape index (κ1) is 13.4. The van der Waals surface area contributed by atoms with Crippen molar-refractivity contribution in [3.05, 3.63) is 23.8 Å². The van der Waals surface area contributed by atoms with Gasteiger partial charge in [0.05, 0.1) is 0 Å². The van der Waals surface area contributed by atoms with Gasteiger partial charge < -0.3 is 15.1 Å². The Morgan fingerprint density at radius 3 is 2.47 bits per heavy atom. The van der Waals surface area contributed by atoms with Gasteiger partial charge in [-0.1, -0.05) is 13.8 Å². The first-order valence-electron chi connectivity index (χ1n) is 5.69. The van der Waals surface area contributed by atoms with Gasteiger partial charge in [0.2, 0.25) is 0 Å². The summed E-state index contributed by atoms with van der Waals surface area (Å²) in [4.78, 5) is 13.6. The van der Waals surface area contributed by atoms with Gasteiger partial charge in [-0.3, -0.25) is 4.79 Å². The van der Waals surface area contributed by atoms with Crippen molar-refractivity contribution >= 4 is 5.91 Å². The average Bonchev–Trinajstić information content (AvgIpc) is 2.28. The molecule has 1 aromatic rings. The number of hydrogen-bond donors (Lipinski definition) is 2. The zero-order valence-electron chi connectivity index (χ0n) is 10.5. The van der Waals surface area contributed by atoms with Crippen LogP contribution in [0.5, 0.6) is 11.5 Å². The molecular formula is C13H19NO3. The van der Waals surface area contributed by atoms with Crippen molar-refractivity contribution < 1.29 is 15.0 Å². The fourth-order valence-corrected chi connectivity index (χ4v) is 1.43. The van der Waals surface area contributed by atoms with Gasteiger partial charge in [-0.15, -0.1) is 0 Å². The van der Waals surface area contributed by atoms with Crippen LogP contribution in [0.15, 0.2) is 18.2 Å². The minimum Gasteiger partial charge on any atom is -0.504 e. The average molecular weight is 237 g/mol. The summed E-state index contributed by atoms with van der Waals surface area (Å²) in [5.74, 6) is -0.0982. The largest absolute Gasteiger partial charge is 0.504 e. The quantitative estimate of drug-likeness (QED) is 0.789. The number of aromatic hydroxyl groups is 2. The number of benzene rings is 1. The maximum absolute atomic E-state index is 12.0. The highest BCUT2D eigenvalue weighted by Gasteiger charge is 2.13. The van der Waals surface area contributed by atoms with E-state index in [4.69, 9.17) is 5.11 Å². The Balaban J connectivity index is 2.71. The number of carbonyl (C=O) groups excluding carboxylic acids is 1. The molecule has 0 heterocycles. The third kappa shape index (κ3) is 3.66. The van der Waals surface area contributed by atoms with Crippen molar-refractivity contribution in [2.75, 3.05) is 13.6 Å². The maximum Gasteiger partial charge on any atom is 0.253 e. The Labute approximate surface area is 101 Å². The van der Waals surface area contributed by atoms with Gasteiger partial charge in [0.25, 0.3) is 5.91 Å². The minimum atomic E-state index is -0.270. The summed E-state index contributed by atoms with van der Waals surface area (Å²) in [6.45, 7) is 4.88. The SMILES string of the molecule is CC(C)CCN(C)C(=O)c1ccc(O)c(O)c1. The van der Waals surface area contributed by atoms with Crippen molar-refractivity contribution in [3.8, 4) is 11.5 Å². The molecule has 0 aromatic heterocycles. The number of phenolic OH excluding ortho intramolecular Hbond substituents is 2. The first-order valence-corrected chi connectivity index (χ1v) is 5.69. The van der Waals surface area contributed by atoms with Gasteiger partial charge in [0, 0.05) is 19.2 Å². The molecule has 0 spiro atoms. The van der Waals surface area contributed by atoms with E-state index in [9.17, 15) is 9.90 Å². The van der Waals surface area contributed by atoms with Crippen LogP contribution in [-0.2, 0) is 0 Å². The summed E-state index contributed by atoms with van der Waals surface area (Å²) < 4.78 is 0. The van der Waals surface area contributed by atoms with Crippen LogP contribution in [-0.4, -0.2) is 34.6 Å². The summed E-state index contributed by atoms with van der Waals surface area (Å²) in [5.41, 5.74) is 0.381. The third-order valence-electron chi connectivity index (χ3n) is 2.61. The highest BCUT2D eigenvalue weighted by Crippen LogP contribution is 2.25. The topological polar surface area (TPSA) is 60.8 Å². The maximum atomic E-state index is 12.0. The van der Waals surface area contributed by atoms with E-state index in [0.717, 1.165) is 6.42 Å². The summed E-state index contributed by atoms with van der Waals surface area (Å²) in [6, 6.07) is 4.10. The second kappa shape index (κ2) is 5.57. The molecule has 0 saturated carbocycles. The molecule has 0 bridgehead atoms. The van der Waals surface area contributed by atoms with E-state index in [1.807, 2.05) is 0 Å². The highest BCUT2D eigenvalue weighted by atomic mass is 16.3. The van der Waals surface area contributed by atoms with Gasteiger partial charge in [-0.05, 0) is 30.5 Å². The lowest BCUT2D eigenvalue weighted by molar-refractivity contribution is 0.0788. The zero-order chi connectivity index (χ0) is 13.0. The molecule has 17 heavy (non-hydrogen) atoms. The van der Waals surface area contributed by atoms with Crippen LogP contribution in [0.25, 0.3) is 0 Å². The van der Waals surface area contributed by atoms with Crippen LogP contribution in [0.3, 0.4) is 0 Å². The molecule has 1 aromatic carbocycles. The Bertz CT molecular complexity index is 402. The summed E-state index contributed by atoms with van der Waals surface area (Å²) in [6.07, 6.45) is 0.937. The lowest BCUT2D eigenvalue weighted by atomic mass is 10.1. The van der Waals surface area contributed by atoms with Gasteiger partial charge in [0.15, 0.2) is 11.5 Å². The molecule has 2 N–H and O–H groups in total. The minimum absolute atomic E-state index is 0.152. The van der Waals surface area contributed by atoms with E-state index in [2.05, 4.69) is 13.8 Å². The summed E-state index contributed by atoms with van der Waals surface area (Å²) in [7, 11) is 1.73. The number of amides is 1. The second-order valence-corrected chi connectivity index (χ2v) is 4.61. The van der Waals surface area contributed by atoms with Gasteiger partial charge in [-0.25, -0.2) is 0 Å². The molecule has 0 fully saturated rings. The van der Waals surface area contributed by atoms with Gasteiger partial charge in [-0.2, -0.15) is 0 Å². The molecule has 0 saturated heterocycles. The smallest absolute Gasteiger partial charge is 0.253 e. The monoisotopic (exact) mass is 237 g/mol. The van der Waals surface area contributed by atoms with Crippen LogP contribution in [0, 0.1) is 5.92 Å². The van der Waals surface area contributed by atoms with E-state index in [-0.39, 0.29) is 17.4 Å². The lowest BCUT2D eigenvalue weighted by Gasteiger charge is -2.18. The predicted octanol–water partition coefficient (Wildman–Crippen LogP) is 2.22. The van der Waals surface area contributed by atoms with Crippen molar-refractivity contribution in [1.82, 2.24) is 4.90 Å². The van der Waals surface area contributed by atoms with Gasteiger partial charge in [0.1, 0.15) is 0 Å². The molecule has 1 amide bonds. The molecule has 4 heteroatoms. The molecule has 4 nitrogen and oxygen atoms in total. The summed E-state index contributed by atoms with van der Waals surface area (Å²) >= 11 is 0. The zero-order valence-corrected chi connectivity index (χ0v) is 10.5. The number of phenols is 2. The molecule has 0 radical (unpaired) electrons. The van der Waals surface area contributed by atoms with Crippen molar-refractivity contribution in [1.29, 1.82) is 0 Å². The Hall–Kier alpha value is -1.71. The molecule has 0 aliphatic carbocycles. The molecule has 0 aliphatic heterocycles. The molecule has 0 atom stereocenters. The van der Waals surface area contributed by atoms with E-state index < -0.39 is 0 Å². The van der Waals surface area contributed by atoms with E-state index in [1.165, 1.54) is 18.2 Å². The number of rotatable bonds is 4. The Morgan fingerprint density at radius 2 is 1.94 bits per heavy atom. The van der Waals surface area contributed by atoms with Crippen LogP contribution in [0.2, 0.25) is 0 Å². The third-order valence-corrected chi connectivity index (χ3v) is 2.61. The molecule has 0 unspecified atom stereocenters. The molecule has 0 aliphatic rings. The molecule has 1 rings (SSSR count). The number of nitrogens with zero attached hydrogens (tertiary/aromatic N) is 1. The van der Waals surface area contributed by atoms with Crippen LogP contribution in [0.4, 0.5) is 0 Å². The Morgan fingerprint density at radius 1 is 1.29 bits per heavy atom. The highest BCUT2D eigenvalue weighted by molar-refractivity contribution is 5.94. The summed E-state index contributed by atoms with van der Waals surface area (Å²) in [5, 5.41) is 18.5. The molecular weight excluding hydrogens is 218 g/mol. The molecule has 94 valence electrons. The van der Waals surface area contributed by atoms with Crippen LogP contribution >= 0.6 is 0 Å². The fraction of sp³-hybridized carbons (Fsp3) is 0.462. The van der Waals surface area contributed by atoms with E-state index >= 15 is 0 Å². The lowest BCUT2D eigenvalue weighted by Crippen LogP contribution is -2.28. The number of hydrogen-bond acceptors (Lipinski definition) is 3. The van der Waals surface area contributed by atoms with Crippen molar-refractivity contribution in [3.63, 3.8) is 0 Å². The van der Waals surface area contributed by atoms with Crippen LogP contribution in [0.1, 0.15) is 30.6 Å². The van der Waals surface area contributed by atoms with Gasteiger partial charge >= 0.3 is 0 Å². The van der Waals surface area contributed by atoms with E-state index in [1.54, 1.807) is 11.9 Å². The normalized spacial score (nSPS) is 10.6. The van der Waals surface area contributed by atoms with Crippen LogP contribution < -0.4 is 0 Å². The van der Waals surface area contributed by atoms with E-state index in [0.29, 0.717) is 18.0 Å². The fourth-order valence-electron chi connectivity index (χ4n) is 1.43. The predicted molar refractivity (Wildman–Crippen MR) is 66.2 cm³/mol. The number of carbonyl (C=O) groups is 1. The van der Waals surface area contributed by atoms with Crippen molar-refractivity contribution in [2.45, 2.75) is 20.3 Å².